The maximum Gasteiger partial charge on any atom is 0.328 e. The van der Waals surface area contributed by atoms with Crippen LogP contribution in [0.15, 0.2) is 115 Å². The van der Waals surface area contributed by atoms with Crippen molar-refractivity contribution >= 4 is 63.5 Å². The molecule has 1 atom stereocenters. The SMILES string of the molecule is CN(CC(CCN1CCc2nc3ccccc3c(NC(=O)c3ccccc3)c2C1)c1ccc(Cl)c(Cl)c1)C(=O)c1ccccc1.O=C(O)/C=C/C(=O)O. The lowest BCUT2D eigenvalue weighted by molar-refractivity contribution is -0.134. The summed E-state index contributed by atoms with van der Waals surface area (Å²) in [6, 6.07) is 32.3. The number of halogens is 2. The van der Waals surface area contributed by atoms with Gasteiger partial charge in [0.15, 0.2) is 0 Å². The molecule has 0 fully saturated rings. The van der Waals surface area contributed by atoms with E-state index in [0.717, 1.165) is 59.3 Å². The van der Waals surface area contributed by atoms with Crippen molar-refractivity contribution in [1.29, 1.82) is 0 Å². The summed E-state index contributed by atoms with van der Waals surface area (Å²) in [7, 11) is 1.84. The van der Waals surface area contributed by atoms with E-state index in [-0.39, 0.29) is 17.7 Å². The van der Waals surface area contributed by atoms with Crippen LogP contribution in [0.4, 0.5) is 5.69 Å². The van der Waals surface area contributed by atoms with E-state index in [1.54, 1.807) is 4.90 Å². The van der Waals surface area contributed by atoms with Gasteiger partial charge in [-0.15, -0.1) is 0 Å². The number of carboxylic acid groups (broad SMARTS) is 2. The van der Waals surface area contributed by atoms with E-state index in [9.17, 15) is 19.2 Å². The molecule has 0 saturated heterocycles. The third-order valence-corrected chi connectivity index (χ3v) is 9.58. The van der Waals surface area contributed by atoms with E-state index < -0.39 is 11.9 Å². The molecule has 1 aliphatic heterocycles. The summed E-state index contributed by atoms with van der Waals surface area (Å²) in [5.74, 6) is -2.65. The number of nitrogens with one attached hydrogen (secondary N) is 1. The zero-order chi connectivity index (χ0) is 37.9. The van der Waals surface area contributed by atoms with Crippen molar-refractivity contribution in [3.8, 4) is 0 Å². The number of hydrogen-bond donors (Lipinski definition) is 3. The number of carboxylic acids is 2. The van der Waals surface area contributed by atoms with Crippen molar-refractivity contribution in [2.45, 2.75) is 25.3 Å². The minimum atomic E-state index is -1.26. The van der Waals surface area contributed by atoms with Gasteiger partial charge in [0, 0.05) is 78.9 Å². The number of pyridine rings is 1. The van der Waals surface area contributed by atoms with Gasteiger partial charge in [0.1, 0.15) is 0 Å². The minimum Gasteiger partial charge on any atom is -0.478 e. The predicted octanol–water partition coefficient (Wildman–Crippen LogP) is 7.81. The Morgan fingerprint density at radius 1 is 0.849 bits per heavy atom. The van der Waals surface area contributed by atoms with Crippen LogP contribution >= 0.6 is 23.2 Å². The van der Waals surface area contributed by atoms with Crippen LogP contribution in [0, 0.1) is 0 Å². The lowest BCUT2D eigenvalue weighted by Gasteiger charge is -2.32. The molecule has 272 valence electrons. The topological polar surface area (TPSA) is 140 Å². The number of para-hydroxylation sites is 1. The van der Waals surface area contributed by atoms with E-state index in [4.69, 9.17) is 38.4 Å². The summed E-state index contributed by atoms with van der Waals surface area (Å²) in [5, 5.41) is 20.8. The number of benzene rings is 4. The number of fused-ring (bicyclic) bond motifs is 2. The van der Waals surface area contributed by atoms with Gasteiger partial charge in [0.2, 0.25) is 0 Å². The van der Waals surface area contributed by atoms with Crippen molar-refractivity contribution < 1.29 is 29.4 Å². The van der Waals surface area contributed by atoms with E-state index in [1.165, 1.54) is 0 Å². The molecular formula is C41H38Cl2N4O6. The molecule has 6 rings (SSSR count). The zero-order valence-corrected chi connectivity index (χ0v) is 30.4. The Hall–Kier alpha value is -5.55. The Bertz CT molecular complexity index is 2110. The first kappa shape index (κ1) is 38.7. The summed E-state index contributed by atoms with van der Waals surface area (Å²) >= 11 is 12.7. The molecule has 2 heterocycles. The Morgan fingerprint density at radius 3 is 2.11 bits per heavy atom. The van der Waals surface area contributed by atoms with Gasteiger partial charge in [-0.25, -0.2) is 9.59 Å². The normalized spacial score (nSPS) is 13.0. The summed E-state index contributed by atoms with van der Waals surface area (Å²) in [6.45, 7) is 2.82. The lowest BCUT2D eigenvalue weighted by atomic mass is 9.93. The monoisotopic (exact) mass is 752 g/mol. The number of aliphatic carboxylic acids is 2. The Balaban J connectivity index is 0.000000609. The number of carbonyl (C=O) groups is 4. The largest absolute Gasteiger partial charge is 0.478 e. The van der Waals surface area contributed by atoms with Gasteiger partial charge in [-0.2, -0.15) is 0 Å². The molecule has 5 aromatic rings. The van der Waals surface area contributed by atoms with Gasteiger partial charge in [0.05, 0.1) is 21.2 Å². The number of nitrogens with zero attached hydrogens (tertiary/aromatic N) is 3. The smallest absolute Gasteiger partial charge is 0.328 e. The molecule has 0 saturated carbocycles. The van der Waals surface area contributed by atoms with Crippen molar-refractivity contribution in [2.24, 2.45) is 0 Å². The van der Waals surface area contributed by atoms with Gasteiger partial charge in [-0.3, -0.25) is 19.5 Å². The van der Waals surface area contributed by atoms with Crippen molar-refractivity contribution in [1.82, 2.24) is 14.8 Å². The zero-order valence-electron chi connectivity index (χ0n) is 28.9. The number of carbonyl (C=O) groups excluding carboxylic acids is 2. The van der Waals surface area contributed by atoms with Crippen molar-refractivity contribution in [2.75, 3.05) is 32.0 Å². The first-order valence-electron chi connectivity index (χ1n) is 16.9. The number of aromatic nitrogens is 1. The fourth-order valence-corrected chi connectivity index (χ4v) is 6.49. The van der Waals surface area contributed by atoms with Crippen LogP contribution in [0.2, 0.25) is 10.0 Å². The predicted molar refractivity (Wildman–Crippen MR) is 207 cm³/mol. The maximum atomic E-state index is 13.3. The number of rotatable bonds is 11. The van der Waals surface area contributed by atoms with Gasteiger partial charge in [-0.1, -0.05) is 83.9 Å². The Morgan fingerprint density at radius 2 is 1.47 bits per heavy atom. The molecule has 0 aliphatic carbocycles. The van der Waals surface area contributed by atoms with Crippen LogP contribution in [0.3, 0.4) is 0 Å². The highest BCUT2D eigenvalue weighted by molar-refractivity contribution is 6.42. The van der Waals surface area contributed by atoms with Crippen LogP contribution in [-0.2, 0) is 22.6 Å². The molecule has 10 nitrogen and oxygen atoms in total. The van der Waals surface area contributed by atoms with Gasteiger partial charge >= 0.3 is 11.9 Å². The molecular weight excluding hydrogens is 715 g/mol. The number of anilines is 1. The van der Waals surface area contributed by atoms with Crippen LogP contribution in [0.25, 0.3) is 10.9 Å². The fourth-order valence-electron chi connectivity index (χ4n) is 6.18. The van der Waals surface area contributed by atoms with Crippen LogP contribution in [0.5, 0.6) is 0 Å². The second kappa shape index (κ2) is 18.3. The summed E-state index contributed by atoms with van der Waals surface area (Å²) in [4.78, 5) is 54.8. The van der Waals surface area contributed by atoms with Crippen molar-refractivity contribution in [3.63, 3.8) is 0 Å². The third kappa shape index (κ3) is 10.5. The summed E-state index contributed by atoms with van der Waals surface area (Å²) in [6.07, 6.45) is 2.69. The van der Waals surface area contributed by atoms with Crippen LogP contribution < -0.4 is 5.32 Å². The highest BCUT2D eigenvalue weighted by Gasteiger charge is 2.26. The average molecular weight is 754 g/mol. The summed E-state index contributed by atoms with van der Waals surface area (Å²) < 4.78 is 0. The molecule has 0 spiro atoms. The van der Waals surface area contributed by atoms with E-state index in [2.05, 4.69) is 10.2 Å². The first-order valence-corrected chi connectivity index (χ1v) is 17.6. The molecule has 2 amide bonds. The molecule has 0 radical (unpaired) electrons. The highest BCUT2D eigenvalue weighted by Crippen LogP contribution is 2.34. The minimum absolute atomic E-state index is 0.0238. The molecule has 4 aromatic carbocycles. The molecule has 0 bridgehead atoms. The van der Waals surface area contributed by atoms with E-state index >= 15 is 0 Å². The second-order valence-electron chi connectivity index (χ2n) is 12.5. The van der Waals surface area contributed by atoms with Gasteiger partial charge in [0.25, 0.3) is 11.8 Å². The second-order valence-corrected chi connectivity index (χ2v) is 13.3. The molecule has 1 unspecified atom stereocenters. The number of likely N-dealkylation sites (N-methyl/N-ethyl adjacent to an activating group) is 1. The molecule has 1 aliphatic rings. The van der Waals surface area contributed by atoms with E-state index in [1.807, 2.05) is 110 Å². The standard InChI is InChI=1S/C37H34Cl2N4O2.C4H4O4/c1-42(37(45)26-12-6-3-7-13-26)23-28(27-16-17-31(38)32(39)22-27)18-20-43-21-19-34-30(24-43)35(29-14-8-9-15-33(29)40-34)41-36(44)25-10-4-2-5-11-25;5-3(6)1-2-4(7)8/h2-17,22,28H,18-21,23-24H2,1H3,(H,40,41,44);1-2H,(H,5,6)(H,7,8)/b;2-1+. The first-order chi connectivity index (χ1) is 25.5. The van der Waals surface area contributed by atoms with Crippen molar-refractivity contribution in [3.05, 3.63) is 153 Å². The van der Waals surface area contributed by atoms with Gasteiger partial charge < -0.3 is 20.4 Å². The molecule has 12 heteroatoms. The Labute approximate surface area is 317 Å². The third-order valence-electron chi connectivity index (χ3n) is 8.84. The number of hydrogen-bond acceptors (Lipinski definition) is 6. The Kier molecular flexibility index (Phi) is 13.3. The number of amides is 2. The van der Waals surface area contributed by atoms with Crippen LogP contribution in [0.1, 0.15) is 49.9 Å². The lowest BCUT2D eigenvalue weighted by Crippen LogP contribution is -2.35. The average Bonchev–Trinajstić information content (AvgIpc) is 3.17. The van der Waals surface area contributed by atoms with Gasteiger partial charge in [-0.05, 0) is 61.0 Å². The van der Waals surface area contributed by atoms with E-state index in [0.29, 0.717) is 46.4 Å². The highest BCUT2D eigenvalue weighted by atomic mass is 35.5. The molecule has 53 heavy (non-hydrogen) atoms. The molecule has 3 N–H and O–H groups in total. The maximum absolute atomic E-state index is 13.3. The fraction of sp³-hybridized carbons (Fsp3) is 0.195. The quantitative estimate of drug-likeness (QED) is 0.116. The van der Waals surface area contributed by atoms with Crippen LogP contribution in [-0.4, -0.2) is 75.4 Å². The summed E-state index contributed by atoms with van der Waals surface area (Å²) in [5.41, 5.74) is 6.07. The molecule has 1 aromatic heterocycles.